The summed E-state index contributed by atoms with van der Waals surface area (Å²) in [5, 5.41) is 12.3. The second kappa shape index (κ2) is 5.52. The first-order valence-corrected chi connectivity index (χ1v) is 7.36. The van der Waals surface area contributed by atoms with Crippen LogP contribution in [-0.4, -0.2) is 41.1 Å². The van der Waals surface area contributed by atoms with Gasteiger partial charge in [0, 0.05) is 25.6 Å². The second-order valence-electron chi connectivity index (χ2n) is 5.51. The van der Waals surface area contributed by atoms with Crippen molar-refractivity contribution >= 4 is 29.3 Å². The summed E-state index contributed by atoms with van der Waals surface area (Å²) in [6.07, 6.45) is 2.28. The largest absolute Gasteiger partial charge is 0.476 e. The number of carboxylic acids is 1. The summed E-state index contributed by atoms with van der Waals surface area (Å²) in [4.78, 5) is 28.7. The minimum atomic E-state index is -1.12. The van der Waals surface area contributed by atoms with Crippen molar-refractivity contribution in [3.63, 3.8) is 0 Å². The average molecular weight is 310 g/mol. The molecule has 2 aliphatic rings. The number of rotatable bonds is 2. The second-order valence-corrected chi connectivity index (χ2v) is 5.92. The SMILES string of the molecule is O=C1CCC2CN(c3ccc(Cl)c(C(=O)O)n3)CCC2N1. The number of carbonyl (C=O) groups excluding carboxylic acids is 1. The summed E-state index contributed by atoms with van der Waals surface area (Å²) >= 11 is 5.85. The van der Waals surface area contributed by atoms with E-state index in [4.69, 9.17) is 16.7 Å². The molecule has 3 rings (SSSR count). The smallest absolute Gasteiger partial charge is 0.356 e. The first-order valence-electron chi connectivity index (χ1n) is 6.99. The number of piperidine rings is 2. The molecule has 1 aromatic rings. The minimum absolute atomic E-state index is 0.117. The molecule has 1 aromatic heterocycles. The zero-order valence-corrected chi connectivity index (χ0v) is 12.1. The lowest BCUT2D eigenvalue weighted by molar-refractivity contribution is -0.124. The van der Waals surface area contributed by atoms with Gasteiger partial charge in [0.2, 0.25) is 5.91 Å². The Hall–Kier alpha value is -1.82. The van der Waals surface area contributed by atoms with E-state index in [0.717, 1.165) is 25.9 Å². The number of halogens is 1. The Balaban J connectivity index is 1.78. The zero-order chi connectivity index (χ0) is 15.0. The molecule has 0 aromatic carbocycles. The molecule has 112 valence electrons. The molecule has 2 unspecified atom stereocenters. The van der Waals surface area contributed by atoms with E-state index in [2.05, 4.69) is 15.2 Å². The number of anilines is 1. The van der Waals surface area contributed by atoms with Gasteiger partial charge in [-0.2, -0.15) is 0 Å². The standard InChI is InChI=1S/C14H16ClN3O3/c15-9-2-3-11(17-13(9)14(20)21)18-6-5-10-8(7-18)1-4-12(19)16-10/h2-3,8,10H,1,4-7H2,(H,16,19)(H,20,21). The van der Waals surface area contributed by atoms with E-state index in [1.165, 1.54) is 0 Å². The summed E-state index contributed by atoms with van der Waals surface area (Å²) in [5.41, 5.74) is -0.117. The lowest BCUT2D eigenvalue weighted by atomic mass is 9.85. The fourth-order valence-electron chi connectivity index (χ4n) is 3.08. The van der Waals surface area contributed by atoms with E-state index >= 15 is 0 Å². The number of carbonyl (C=O) groups is 2. The average Bonchev–Trinajstić information content (AvgIpc) is 2.47. The Morgan fingerprint density at radius 2 is 2.24 bits per heavy atom. The number of hydrogen-bond acceptors (Lipinski definition) is 4. The Kier molecular flexibility index (Phi) is 3.71. The molecule has 0 spiro atoms. The van der Waals surface area contributed by atoms with Crippen molar-refractivity contribution in [2.24, 2.45) is 5.92 Å². The Morgan fingerprint density at radius 3 is 3.00 bits per heavy atom. The van der Waals surface area contributed by atoms with E-state index in [0.29, 0.717) is 18.2 Å². The van der Waals surface area contributed by atoms with Crippen molar-refractivity contribution in [1.82, 2.24) is 10.3 Å². The monoisotopic (exact) mass is 309 g/mol. The summed E-state index contributed by atoms with van der Waals surface area (Å²) in [7, 11) is 0. The van der Waals surface area contributed by atoms with Gasteiger partial charge in [-0.15, -0.1) is 0 Å². The van der Waals surface area contributed by atoms with Crippen molar-refractivity contribution in [2.75, 3.05) is 18.0 Å². The first kappa shape index (κ1) is 14.1. The number of nitrogens with zero attached hydrogens (tertiary/aromatic N) is 2. The Morgan fingerprint density at radius 1 is 1.43 bits per heavy atom. The van der Waals surface area contributed by atoms with E-state index in [1.807, 2.05) is 0 Å². The van der Waals surface area contributed by atoms with E-state index < -0.39 is 5.97 Å². The number of aromatic carboxylic acids is 1. The van der Waals surface area contributed by atoms with Crippen LogP contribution in [0.15, 0.2) is 12.1 Å². The van der Waals surface area contributed by atoms with Gasteiger partial charge in [-0.3, -0.25) is 4.79 Å². The van der Waals surface area contributed by atoms with Crippen molar-refractivity contribution < 1.29 is 14.7 Å². The van der Waals surface area contributed by atoms with Crippen LogP contribution in [0.1, 0.15) is 29.8 Å². The topological polar surface area (TPSA) is 82.5 Å². The fourth-order valence-corrected chi connectivity index (χ4v) is 3.26. The van der Waals surface area contributed by atoms with Crippen molar-refractivity contribution in [1.29, 1.82) is 0 Å². The third-order valence-electron chi connectivity index (χ3n) is 4.18. The van der Waals surface area contributed by atoms with Crippen LogP contribution in [-0.2, 0) is 4.79 Å². The fraction of sp³-hybridized carbons (Fsp3) is 0.500. The van der Waals surface area contributed by atoms with Crippen LogP contribution in [0.4, 0.5) is 5.82 Å². The van der Waals surface area contributed by atoms with Crippen LogP contribution in [0.25, 0.3) is 0 Å². The molecular formula is C14H16ClN3O3. The molecule has 2 N–H and O–H groups in total. The predicted octanol–water partition coefficient (Wildman–Crippen LogP) is 1.54. The zero-order valence-electron chi connectivity index (χ0n) is 11.4. The van der Waals surface area contributed by atoms with Crippen LogP contribution in [0.2, 0.25) is 5.02 Å². The highest BCUT2D eigenvalue weighted by atomic mass is 35.5. The molecule has 21 heavy (non-hydrogen) atoms. The molecule has 1 amide bonds. The molecule has 2 saturated heterocycles. The molecule has 0 saturated carbocycles. The Labute approximate surface area is 127 Å². The summed E-state index contributed by atoms with van der Waals surface area (Å²) in [6.45, 7) is 1.52. The molecular weight excluding hydrogens is 294 g/mol. The molecule has 0 bridgehead atoms. The molecule has 7 heteroatoms. The van der Waals surface area contributed by atoms with E-state index in [1.54, 1.807) is 12.1 Å². The van der Waals surface area contributed by atoms with Crippen LogP contribution in [0.3, 0.4) is 0 Å². The van der Waals surface area contributed by atoms with Crippen LogP contribution < -0.4 is 10.2 Å². The van der Waals surface area contributed by atoms with Crippen molar-refractivity contribution in [2.45, 2.75) is 25.3 Å². The molecule has 2 fully saturated rings. The number of carboxylic acid groups (broad SMARTS) is 1. The number of aromatic nitrogens is 1. The number of nitrogens with one attached hydrogen (secondary N) is 1. The maximum atomic E-state index is 11.4. The van der Waals surface area contributed by atoms with Gasteiger partial charge >= 0.3 is 5.97 Å². The number of pyridine rings is 1. The van der Waals surface area contributed by atoms with Gasteiger partial charge < -0.3 is 15.3 Å². The van der Waals surface area contributed by atoms with Gasteiger partial charge in [0.1, 0.15) is 5.82 Å². The molecule has 2 aliphatic heterocycles. The van der Waals surface area contributed by atoms with Crippen molar-refractivity contribution in [3.8, 4) is 0 Å². The minimum Gasteiger partial charge on any atom is -0.476 e. The lowest BCUT2D eigenvalue weighted by Crippen LogP contribution is -2.54. The van der Waals surface area contributed by atoms with E-state index in [-0.39, 0.29) is 22.7 Å². The van der Waals surface area contributed by atoms with E-state index in [9.17, 15) is 9.59 Å². The maximum Gasteiger partial charge on any atom is 0.356 e. The summed E-state index contributed by atoms with van der Waals surface area (Å²) in [5.74, 6) is 0.0264. The molecule has 2 atom stereocenters. The highest BCUT2D eigenvalue weighted by molar-refractivity contribution is 6.33. The molecule has 0 aliphatic carbocycles. The maximum absolute atomic E-state index is 11.4. The van der Waals surface area contributed by atoms with Gasteiger partial charge in [0.15, 0.2) is 5.69 Å². The van der Waals surface area contributed by atoms with Gasteiger partial charge in [-0.25, -0.2) is 9.78 Å². The van der Waals surface area contributed by atoms with Crippen molar-refractivity contribution in [3.05, 3.63) is 22.8 Å². The lowest BCUT2D eigenvalue weighted by Gasteiger charge is -2.41. The summed E-state index contributed by atoms with van der Waals surface area (Å²) in [6, 6.07) is 3.55. The number of fused-ring (bicyclic) bond motifs is 1. The predicted molar refractivity (Wildman–Crippen MR) is 77.7 cm³/mol. The third kappa shape index (κ3) is 2.81. The van der Waals surface area contributed by atoms with Crippen LogP contribution in [0, 0.1) is 5.92 Å². The normalized spacial score (nSPS) is 25.2. The first-order chi connectivity index (χ1) is 10.0. The number of hydrogen-bond donors (Lipinski definition) is 2. The quantitative estimate of drug-likeness (QED) is 0.866. The Bertz CT molecular complexity index is 593. The molecule has 3 heterocycles. The third-order valence-corrected chi connectivity index (χ3v) is 4.49. The number of amides is 1. The summed E-state index contributed by atoms with van der Waals surface area (Å²) < 4.78 is 0. The van der Waals surface area contributed by atoms with Gasteiger partial charge in [-0.05, 0) is 30.9 Å². The highest BCUT2D eigenvalue weighted by Crippen LogP contribution is 2.29. The van der Waals surface area contributed by atoms with Gasteiger partial charge in [-0.1, -0.05) is 11.6 Å². The van der Waals surface area contributed by atoms with Gasteiger partial charge in [0.25, 0.3) is 0 Å². The highest BCUT2D eigenvalue weighted by Gasteiger charge is 2.34. The van der Waals surface area contributed by atoms with Crippen LogP contribution in [0.5, 0.6) is 0 Å². The van der Waals surface area contributed by atoms with Crippen LogP contribution >= 0.6 is 11.6 Å². The van der Waals surface area contributed by atoms with Gasteiger partial charge in [0.05, 0.1) is 5.02 Å². The molecule has 6 nitrogen and oxygen atoms in total. The molecule has 0 radical (unpaired) electrons.